The van der Waals surface area contributed by atoms with E-state index in [4.69, 9.17) is 9.47 Å². The van der Waals surface area contributed by atoms with Crippen LogP contribution in [0.3, 0.4) is 0 Å². The Hall–Kier alpha value is -2.61. The largest absolute Gasteiger partial charge is 0.476 e. The molecule has 1 aliphatic rings. The van der Waals surface area contributed by atoms with Crippen LogP contribution < -0.4 is 10.1 Å². The molecule has 0 radical (unpaired) electrons. The highest BCUT2D eigenvalue weighted by Crippen LogP contribution is 2.39. The van der Waals surface area contributed by atoms with Crippen molar-refractivity contribution in [2.75, 3.05) is 13.7 Å². The van der Waals surface area contributed by atoms with E-state index in [1.165, 1.54) is 43.5 Å². The molecule has 28 heavy (non-hydrogen) atoms. The lowest BCUT2D eigenvalue weighted by Crippen LogP contribution is -2.45. The zero-order valence-corrected chi connectivity index (χ0v) is 15.1. The molecule has 0 aliphatic carbocycles. The zero-order valence-electron chi connectivity index (χ0n) is 15.1. The summed E-state index contributed by atoms with van der Waals surface area (Å²) >= 11 is 0. The van der Waals surface area contributed by atoms with E-state index in [-0.39, 0.29) is 5.75 Å². The fourth-order valence-electron chi connectivity index (χ4n) is 3.40. The lowest BCUT2D eigenvalue weighted by molar-refractivity contribution is -0.198. The number of methoxy groups -OCH3 is 1. The third-order valence-electron chi connectivity index (χ3n) is 4.78. The van der Waals surface area contributed by atoms with Gasteiger partial charge in [-0.25, -0.2) is 9.18 Å². The van der Waals surface area contributed by atoms with Crippen molar-refractivity contribution in [3.05, 3.63) is 65.5 Å². The third kappa shape index (κ3) is 3.82. The van der Waals surface area contributed by atoms with Gasteiger partial charge in [0.1, 0.15) is 17.1 Å². The first kappa shape index (κ1) is 20.1. The highest BCUT2D eigenvalue weighted by molar-refractivity contribution is 5.83. The SMILES string of the molecule is COC(=O)C1(c2ccc(OC(c3ccccc3F)C(F)(F)F)cc2)CCCN1. The highest BCUT2D eigenvalue weighted by atomic mass is 19.4. The molecule has 8 heteroatoms. The Bertz CT molecular complexity index is 830. The van der Waals surface area contributed by atoms with Gasteiger partial charge in [0.2, 0.25) is 6.10 Å². The fourth-order valence-corrected chi connectivity index (χ4v) is 3.40. The molecular weight excluding hydrogens is 378 g/mol. The molecule has 3 rings (SSSR count). The second-order valence-electron chi connectivity index (χ2n) is 6.51. The van der Waals surface area contributed by atoms with Crippen LogP contribution in [0, 0.1) is 5.82 Å². The molecule has 1 aliphatic heterocycles. The number of esters is 1. The van der Waals surface area contributed by atoms with Crippen LogP contribution in [-0.4, -0.2) is 25.8 Å². The number of hydrogen-bond donors (Lipinski definition) is 1. The summed E-state index contributed by atoms with van der Waals surface area (Å²) in [6, 6.07) is 10.3. The lowest BCUT2D eigenvalue weighted by Gasteiger charge is -2.27. The Morgan fingerprint density at radius 2 is 1.82 bits per heavy atom. The van der Waals surface area contributed by atoms with Crippen LogP contribution in [0.25, 0.3) is 0 Å². The second-order valence-corrected chi connectivity index (χ2v) is 6.51. The molecule has 2 atom stereocenters. The molecule has 0 aromatic heterocycles. The summed E-state index contributed by atoms with van der Waals surface area (Å²) in [4.78, 5) is 12.2. The second kappa shape index (κ2) is 7.79. The number of carbonyl (C=O) groups excluding carboxylic acids is 1. The van der Waals surface area contributed by atoms with Crippen molar-refractivity contribution in [1.82, 2.24) is 5.32 Å². The van der Waals surface area contributed by atoms with E-state index in [0.717, 1.165) is 18.6 Å². The number of nitrogens with one attached hydrogen (secondary N) is 1. The van der Waals surface area contributed by atoms with Crippen molar-refractivity contribution >= 4 is 5.97 Å². The summed E-state index contributed by atoms with van der Waals surface area (Å²) < 4.78 is 64.2. The van der Waals surface area contributed by atoms with Crippen molar-refractivity contribution in [2.24, 2.45) is 0 Å². The number of carbonyl (C=O) groups is 1. The van der Waals surface area contributed by atoms with Crippen molar-refractivity contribution < 1.29 is 31.8 Å². The molecule has 1 fully saturated rings. The maximum Gasteiger partial charge on any atom is 0.429 e. The highest BCUT2D eigenvalue weighted by Gasteiger charge is 2.45. The molecule has 2 aromatic rings. The van der Waals surface area contributed by atoms with Crippen LogP contribution in [0.4, 0.5) is 17.6 Å². The average Bonchev–Trinajstić information content (AvgIpc) is 3.17. The predicted octanol–water partition coefficient (Wildman–Crippen LogP) is 4.26. The van der Waals surface area contributed by atoms with Gasteiger partial charge in [0.05, 0.1) is 7.11 Å². The Kier molecular flexibility index (Phi) is 5.60. The van der Waals surface area contributed by atoms with Gasteiger partial charge in [-0.05, 0) is 43.1 Å². The summed E-state index contributed by atoms with van der Waals surface area (Å²) in [6.45, 7) is 0.622. The normalized spacial score (nSPS) is 20.6. The van der Waals surface area contributed by atoms with Gasteiger partial charge in [-0.3, -0.25) is 5.32 Å². The van der Waals surface area contributed by atoms with E-state index >= 15 is 0 Å². The van der Waals surface area contributed by atoms with Gasteiger partial charge in [-0.2, -0.15) is 13.2 Å². The topological polar surface area (TPSA) is 47.6 Å². The van der Waals surface area contributed by atoms with E-state index in [1.54, 1.807) is 0 Å². The van der Waals surface area contributed by atoms with Crippen LogP contribution >= 0.6 is 0 Å². The first-order valence-corrected chi connectivity index (χ1v) is 8.70. The third-order valence-corrected chi connectivity index (χ3v) is 4.78. The van der Waals surface area contributed by atoms with Crippen LogP contribution in [0.2, 0.25) is 0 Å². The minimum Gasteiger partial charge on any atom is -0.476 e. The average molecular weight is 397 g/mol. The van der Waals surface area contributed by atoms with Gasteiger partial charge in [0.25, 0.3) is 0 Å². The molecule has 150 valence electrons. The molecule has 0 spiro atoms. The number of halogens is 4. The molecule has 2 aromatic carbocycles. The number of hydrogen-bond acceptors (Lipinski definition) is 4. The van der Waals surface area contributed by atoms with Gasteiger partial charge in [-0.15, -0.1) is 0 Å². The van der Waals surface area contributed by atoms with Crippen molar-refractivity contribution in [1.29, 1.82) is 0 Å². The van der Waals surface area contributed by atoms with E-state index in [2.05, 4.69) is 5.32 Å². The molecule has 0 bridgehead atoms. The molecule has 1 heterocycles. The van der Waals surface area contributed by atoms with Gasteiger partial charge in [-0.1, -0.05) is 30.3 Å². The number of ether oxygens (including phenoxy) is 2. The number of rotatable bonds is 5. The summed E-state index contributed by atoms with van der Waals surface area (Å²) in [5.74, 6) is -1.55. The first-order chi connectivity index (χ1) is 13.3. The van der Waals surface area contributed by atoms with Gasteiger partial charge >= 0.3 is 12.1 Å². The van der Waals surface area contributed by atoms with Gasteiger partial charge in [0, 0.05) is 5.56 Å². The predicted molar refractivity (Wildman–Crippen MR) is 93.2 cm³/mol. The molecule has 1 N–H and O–H groups in total. The molecular formula is C20H19F4NO3. The standard InChI is InChI=1S/C20H19F4NO3/c1-27-18(26)19(11-4-12-25-19)13-7-9-14(10-8-13)28-17(20(22,23)24)15-5-2-3-6-16(15)21/h2-3,5-10,17,25H,4,11-12H2,1H3. The van der Waals surface area contributed by atoms with E-state index in [1.807, 2.05) is 0 Å². The lowest BCUT2D eigenvalue weighted by atomic mass is 9.88. The fraction of sp³-hybridized carbons (Fsp3) is 0.350. The summed E-state index contributed by atoms with van der Waals surface area (Å²) in [5.41, 5.74) is -1.05. The monoisotopic (exact) mass is 397 g/mol. The van der Waals surface area contributed by atoms with Crippen molar-refractivity contribution in [3.8, 4) is 5.75 Å². The number of alkyl halides is 3. The maximum absolute atomic E-state index is 13.9. The molecule has 2 unspecified atom stereocenters. The zero-order chi connectivity index (χ0) is 20.4. The van der Waals surface area contributed by atoms with Crippen LogP contribution in [-0.2, 0) is 15.1 Å². The summed E-state index contributed by atoms with van der Waals surface area (Å²) in [7, 11) is 1.28. The maximum atomic E-state index is 13.9. The minimum atomic E-state index is -4.80. The molecule has 1 saturated heterocycles. The Labute approximate surface area is 159 Å². The molecule has 0 amide bonds. The number of benzene rings is 2. The molecule has 4 nitrogen and oxygen atoms in total. The quantitative estimate of drug-likeness (QED) is 0.605. The Morgan fingerprint density at radius 1 is 1.14 bits per heavy atom. The van der Waals surface area contributed by atoms with Crippen LogP contribution in [0.1, 0.15) is 30.1 Å². The Balaban J connectivity index is 1.88. The van der Waals surface area contributed by atoms with Crippen molar-refractivity contribution in [3.63, 3.8) is 0 Å². The Morgan fingerprint density at radius 3 is 2.36 bits per heavy atom. The van der Waals surface area contributed by atoms with E-state index in [9.17, 15) is 22.4 Å². The van der Waals surface area contributed by atoms with Crippen LogP contribution in [0.5, 0.6) is 5.75 Å². The van der Waals surface area contributed by atoms with Crippen LogP contribution in [0.15, 0.2) is 48.5 Å². The first-order valence-electron chi connectivity index (χ1n) is 8.70. The smallest absolute Gasteiger partial charge is 0.429 e. The van der Waals surface area contributed by atoms with Crippen molar-refractivity contribution in [2.45, 2.75) is 30.7 Å². The summed E-state index contributed by atoms with van der Waals surface area (Å²) in [6.07, 6.45) is -5.98. The van der Waals surface area contributed by atoms with E-state index < -0.39 is 35.2 Å². The summed E-state index contributed by atoms with van der Waals surface area (Å²) in [5, 5.41) is 3.11. The molecule has 0 saturated carbocycles. The van der Waals surface area contributed by atoms with Gasteiger partial charge < -0.3 is 9.47 Å². The minimum absolute atomic E-state index is 0.0904. The van der Waals surface area contributed by atoms with E-state index in [0.29, 0.717) is 18.5 Å². The van der Waals surface area contributed by atoms with Gasteiger partial charge in [0.15, 0.2) is 0 Å².